The van der Waals surface area contributed by atoms with Gasteiger partial charge >= 0.3 is 5.97 Å². The van der Waals surface area contributed by atoms with Crippen LogP contribution in [0.25, 0.3) is 0 Å². The van der Waals surface area contributed by atoms with Crippen molar-refractivity contribution in [2.24, 2.45) is 5.92 Å². The van der Waals surface area contributed by atoms with Crippen molar-refractivity contribution in [1.29, 1.82) is 0 Å². The molecule has 0 spiro atoms. The summed E-state index contributed by atoms with van der Waals surface area (Å²) in [7, 11) is -2.40. The number of sulfonamides is 1. The molecule has 154 valence electrons. The number of nitrogens with zero attached hydrogens (tertiary/aromatic N) is 1. The number of carbonyl (C=O) groups excluding carboxylic acids is 2. The van der Waals surface area contributed by atoms with Crippen LogP contribution in [0.1, 0.15) is 23.2 Å². The van der Waals surface area contributed by atoms with Gasteiger partial charge in [0.2, 0.25) is 15.9 Å². The third-order valence-electron chi connectivity index (χ3n) is 4.78. The number of hydrogen-bond donors (Lipinski definition) is 1. The monoisotopic (exact) mass is 436 g/mol. The molecule has 1 heterocycles. The Hall–Kier alpha value is -2.42. The highest BCUT2D eigenvalue weighted by atomic mass is 35.5. The maximum atomic E-state index is 12.8. The fourth-order valence-electron chi connectivity index (χ4n) is 3.22. The second-order valence-corrected chi connectivity index (χ2v) is 9.04. The zero-order valence-electron chi connectivity index (χ0n) is 15.8. The number of benzene rings is 2. The molecule has 0 aromatic heterocycles. The number of methoxy groups -OCH3 is 1. The minimum Gasteiger partial charge on any atom is -0.465 e. The molecule has 9 heteroatoms. The van der Waals surface area contributed by atoms with Crippen LogP contribution < -0.4 is 5.32 Å². The number of carbonyl (C=O) groups is 2. The standard InChI is InChI=1S/C20H21ClN2O5S/c1-28-20(25)14-9-10-17(21)18(12-14)22-19(24)15-6-5-11-23(13-15)29(26,27)16-7-3-2-4-8-16/h2-4,7-10,12,15H,5-6,11,13H2,1H3,(H,22,24)/t15-/m0/s1. The first-order chi connectivity index (χ1) is 13.8. The lowest BCUT2D eigenvalue weighted by atomic mass is 9.98. The van der Waals surface area contributed by atoms with Crippen molar-refractivity contribution in [2.45, 2.75) is 17.7 Å². The van der Waals surface area contributed by atoms with Crippen molar-refractivity contribution in [3.63, 3.8) is 0 Å². The van der Waals surface area contributed by atoms with Crippen LogP contribution in [0, 0.1) is 5.92 Å². The number of halogens is 1. The molecule has 2 aromatic carbocycles. The summed E-state index contributed by atoms with van der Waals surface area (Å²) in [5.74, 6) is -1.42. The van der Waals surface area contributed by atoms with Crippen LogP contribution in [0.3, 0.4) is 0 Å². The largest absolute Gasteiger partial charge is 0.465 e. The van der Waals surface area contributed by atoms with Gasteiger partial charge in [-0.1, -0.05) is 29.8 Å². The normalized spacial score (nSPS) is 17.5. The van der Waals surface area contributed by atoms with E-state index in [2.05, 4.69) is 10.1 Å². The van der Waals surface area contributed by atoms with Gasteiger partial charge in [-0.2, -0.15) is 4.31 Å². The van der Waals surface area contributed by atoms with Crippen LogP contribution in [0.4, 0.5) is 5.69 Å². The Morgan fingerprint density at radius 3 is 2.59 bits per heavy atom. The Morgan fingerprint density at radius 2 is 1.90 bits per heavy atom. The number of esters is 1. The summed E-state index contributed by atoms with van der Waals surface area (Å²) in [5.41, 5.74) is 0.534. The van der Waals surface area contributed by atoms with E-state index in [1.807, 2.05) is 0 Å². The van der Waals surface area contributed by atoms with E-state index in [1.54, 1.807) is 18.2 Å². The fraction of sp³-hybridized carbons (Fsp3) is 0.300. The van der Waals surface area contributed by atoms with Gasteiger partial charge in [0.05, 0.1) is 34.2 Å². The van der Waals surface area contributed by atoms with Gasteiger partial charge in [-0.25, -0.2) is 13.2 Å². The second kappa shape index (κ2) is 8.94. The predicted molar refractivity (Wildman–Crippen MR) is 109 cm³/mol. The van der Waals surface area contributed by atoms with Crippen LogP contribution in [0.2, 0.25) is 5.02 Å². The van der Waals surface area contributed by atoms with Crippen LogP contribution in [0.5, 0.6) is 0 Å². The first-order valence-corrected chi connectivity index (χ1v) is 10.9. The minimum atomic E-state index is -3.66. The lowest BCUT2D eigenvalue weighted by molar-refractivity contribution is -0.120. The van der Waals surface area contributed by atoms with Gasteiger partial charge in [-0.05, 0) is 43.2 Å². The summed E-state index contributed by atoms with van der Waals surface area (Å²) in [6.07, 6.45) is 1.13. The average molecular weight is 437 g/mol. The molecule has 0 aliphatic carbocycles. The van der Waals surface area contributed by atoms with E-state index in [0.717, 1.165) is 0 Å². The molecule has 1 aliphatic rings. The van der Waals surface area contributed by atoms with E-state index >= 15 is 0 Å². The second-order valence-electron chi connectivity index (χ2n) is 6.69. The molecule has 1 aliphatic heterocycles. The Balaban J connectivity index is 1.75. The molecule has 2 aromatic rings. The molecule has 1 saturated heterocycles. The lowest BCUT2D eigenvalue weighted by Gasteiger charge is -2.31. The average Bonchev–Trinajstić information content (AvgIpc) is 2.75. The summed E-state index contributed by atoms with van der Waals surface area (Å²) < 4.78 is 31.7. The van der Waals surface area contributed by atoms with Crippen molar-refractivity contribution in [2.75, 3.05) is 25.5 Å². The van der Waals surface area contributed by atoms with E-state index in [-0.39, 0.29) is 33.6 Å². The molecular weight excluding hydrogens is 416 g/mol. The van der Waals surface area contributed by atoms with E-state index in [1.165, 1.54) is 41.7 Å². The van der Waals surface area contributed by atoms with Crippen molar-refractivity contribution in [3.8, 4) is 0 Å². The van der Waals surface area contributed by atoms with Gasteiger partial charge in [0.15, 0.2) is 0 Å². The highest BCUT2D eigenvalue weighted by molar-refractivity contribution is 7.89. The topological polar surface area (TPSA) is 92.8 Å². The van der Waals surface area contributed by atoms with Gasteiger partial charge < -0.3 is 10.1 Å². The number of anilines is 1. The lowest BCUT2D eigenvalue weighted by Crippen LogP contribution is -2.43. The van der Waals surface area contributed by atoms with Crippen LogP contribution in [0.15, 0.2) is 53.4 Å². The van der Waals surface area contributed by atoms with Crippen molar-refractivity contribution in [1.82, 2.24) is 4.31 Å². The zero-order chi connectivity index (χ0) is 21.0. The molecule has 0 radical (unpaired) electrons. The molecule has 1 atom stereocenters. The molecule has 7 nitrogen and oxygen atoms in total. The maximum absolute atomic E-state index is 12.8. The molecule has 0 unspecified atom stereocenters. The Labute approximate surface area is 174 Å². The number of rotatable bonds is 5. The van der Waals surface area contributed by atoms with Crippen molar-refractivity contribution >= 4 is 39.2 Å². The van der Waals surface area contributed by atoms with Crippen molar-refractivity contribution < 1.29 is 22.7 Å². The quantitative estimate of drug-likeness (QED) is 0.726. The first kappa shape index (κ1) is 21.3. The summed E-state index contributed by atoms with van der Waals surface area (Å²) in [6, 6.07) is 12.6. The predicted octanol–water partition coefficient (Wildman–Crippen LogP) is 3.17. The van der Waals surface area contributed by atoms with Crippen LogP contribution in [-0.2, 0) is 19.6 Å². The highest BCUT2D eigenvalue weighted by Crippen LogP contribution is 2.27. The Kier molecular flexibility index (Phi) is 6.56. The molecule has 0 saturated carbocycles. The first-order valence-electron chi connectivity index (χ1n) is 9.07. The smallest absolute Gasteiger partial charge is 0.337 e. The van der Waals surface area contributed by atoms with E-state index < -0.39 is 21.9 Å². The van der Waals surface area contributed by atoms with Crippen LogP contribution in [-0.4, -0.2) is 44.8 Å². The Morgan fingerprint density at radius 1 is 1.17 bits per heavy atom. The van der Waals surface area contributed by atoms with E-state index in [4.69, 9.17) is 11.6 Å². The molecular formula is C20H21ClN2O5S. The van der Waals surface area contributed by atoms with E-state index in [9.17, 15) is 18.0 Å². The fourth-order valence-corrected chi connectivity index (χ4v) is 4.93. The molecule has 1 amide bonds. The molecule has 0 bridgehead atoms. The molecule has 29 heavy (non-hydrogen) atoms. The van der Waals surface area contributed by atoms with Gasteiger partial charge in [-0.15, -0.1) is 0 Å². The van der Waals surface area contributed by atoms with Gasteiger partial charge in [0.1, 0.15) is 0 Å². The molecule has 1 fully saturated rings. The number of nitrogens with one attached hydrogen (secondary N) is 1. The summed E-state index contributed by atoms with van der Waals surface area (Å²) >= 11 is 6.14. The minimum absolute atomic E-state index is 0.0807. The number of piperidine rings is 1. The zero-order valence-corrected chi connectivity index (χ0v) is 17.4. The number of ether oxygens (including phenoxy) is 1. The third-order valence-corrected chi connectivity index (χ3v) is 6.99. The maximum Gasteiger partial charge on any atom is 0.337 e. The summed E-state index contributed by atoms with van der Waals surface area (Å²) in [4.78, 5) is 24.7. The van der Waals surface area contributed by atoms with Gasteiger partial charge in [-0.3, -0.25) is 4.79 Å². The summed E-state index contributed by atoms with van der Waals surface area (Å²) in [6.45, 7) is 0.441. The number of amides is 1. The van der Waals surface area contributed by atoms with Gasteiger partial charge in [0.25, 0.3) is 0 Å². The molecule has 1 N–H and O–H groups in total. The van der Waals surface area contributed by atoms with Gasteiger partial charge in [0, 0.05) is 13.1 Å². The van der Waals surface area contributed by atoms with Crippen molar-refractivity contribution in [3.05, 3.63) is 59.1 Å². The highest BCUT2D eigenvalue weighted by Gasteiger charge is 2.33. The van der Waals surface area contributed by atoms with Crippen LogP contribution >= 0.6 is 11.6 Å². The molecule has 3 rings (SSSR count). The SMILES string of the molecule is COC(=O)c1ccc(Cl)c(NC(=O)[C@H]2CCCN(S(=O)(=O)c3ccccc3)C2)c1. The van der Waals surface area contributed by atoms with E-state index in [0.29, 0.717) is 19.4 Å². The third kappa shape index (κ3) is 4.77. The number of hydrogen-bond acceptors (Lipinski definition) is 5. The Bertz CT molecular complexity index is 1010. The summed E-state index contributed by atoms with van der Waals surface area (Å²) in [5, 5.41) is 2.98.